The molecule has 0 aliphatic carbocycles. The van der Waals surface area contributed by atoms with Crippen LogP contribution in [-0.2, 0) is 14.4 Å². The predicted molar refractivity (Wildman–Crippen MR) is 51.6 cm³/mol. The Labute approximate surface area is 83.3 Å². The SMILES string of the molecule is C#CCOC(=O)C1(CC)CC(C)=NO1. The van der Waals surface area contributed by atoms with Crippen LogP contribution in [0.5, 0.6) is 0 Å². The smallest absolute Gasteiger partial charge is 0.354 e. The third-order valence-electron chi connectivity index (χ3n) is 2.15. The van der Waals surface area contributed by atoms with Crippen LogP contribution >= 0.6 is 0 Å². The molecule has 0 aromatic heterocycles. The maximum atomic E-state index is 11.6. The van der Waals surface area contributed by atoms with Crippen LogP contribution in [0.2, 0.25) is 0 Å². The van der Waals surface area contributed by atoms with Crippen LogP contribution in [0.25, 0.3) is 0 Å². The topological polar surface area (TPSA) is 47.9 Å². The van der Waals surface area contributed by atoms with Gasteiger partial charge in [-0.3, -0.25) is 0 Å². The lowest BCUT2D eigenvalue weighted by Crippen LogP contribution is -2.39. The predicted octanol–water partition coefficient (Wildman–Crippen LogP) is 1.11. The maximum absolute atomic E-state index is 11.6. The van der Waals surface area contributed by atoms with Crippen LogP contribution in [0.4, 0.5) is 0 Å². The van der Waals surface area contributed by atoms with Gasteiger partial charge in [0.05, 0.1) is 5.71 Å². The first-order valence-electron chi connectivity index (χ1n) is 4.47. The molecule has 0 saturated carbocycles. The van der Waals surface area contributed by atoms with Crippen LogP contribution in [-0.4, -0.2) is 23.9 Å². The first-order chi connectivity index (χ1) is 6.64. The number of hydrogen-bond acceptors (Lipinski definition) is 4. The lowest BCUT2D eigenvalue weighted by molar-refractivity contribution is -0.168. The Morgan fingerprint density at radius 1 is 1.86 bits per heavy atom. The standard InChI is InChI=1S/C10H13NO3/c1-4-6-13-9(12)10(5-2)7-8(3)11-14-10/h1H,5-7H2,2-3H3. The van der Waals surface area contributed by atoms with Gasteiger partial charge >= 0.3 is 5.97 Å². The van der Waals surface area contributed by atoms with Gasteiger partial charge in [-0.05, 0) is 13.3 Å². The minimum absolute atomic E-state index is 0.0248. The van der Waals surface area contributed by atoms with Gasteiger partial charge in [0.25, 0.3) is 0 Å². The van der Waals surface area contributed by atoms with Gasteiger partial charge in [-0.25, -0.2) is 4.79 Å². The van der Waals surface area contributed by atoms with Gasteiger partial charge in [0, 0.05) is 6.42 Å². The number of carbonyl (C=O) groups is 1. The number of esters is 1. The number of hydrogen-bond donors (Lipinski definition) is 0. The van der Waals surface area contributed by atoms with Crippen molar-refractivity contribution in [2.24, 2.45) is 5.16 Å². The molecule has 1 aliphatic rings. The quantitative estimate of drug-likeness (QED) is 0.500. The lowest BCUT2D eigenvalue weighted by atomic mass is 9.95. The number of carbonyl (C=O) groups excluding carboxylic acids is 1. The molecule has 0 N–H and O–H groups in total. The number of ether oxygens (including phenoxy) is 1. The van der Waals surface area contributed by atoms with E-state index in [4.69, 9.17) is 16.0 Å². The Bertz CT molecular complexity index is 303. The first-order valence-corrected chi connectivity index (χ1v) is 4.47. The fraction of sp³-hybridized carbons (Fsp3) is 0.600. The van der Waals surface area contributed by atoms with Crippen molar-refractivity contribution in [3.63, 3.8) is 0 Å². The summed E-state index contributed by atoms with van der Waals surface area (Å²) in [5, 5.41) is 3.75. The van der Waals surface area contributed by atoms with Gasteiger partial charge in [0.1, 0.15) is 0 Å². The fourth-order valence-electron chi connectivity index (χ4n) is 1.33. The molecule has 76 valence electrons. The molecular formula is C10H13NO3. The fourth-order valence-corrected chi connectivity index (χ4v) is 1.33. The summed E-state index contributed by atoms with van der Waals surface area (Å²) in [5.74, 6) is 1.81. The summed E-state index contributed by atoms with van der Waals surface area (Å²) < 4.78 is 4.84. The van der Waals surface area contributed by atoms with Crippen molar-refractivity contribution in [1.82, 2.24) is 0 Å². The van der Waals surface area contributed by atoms with E-state index in [9.17, 15) is 4.79 Å². The molecule has 0 fully saturated rings. The third-order valence-corrected chi connectivity index (χ3v) is 2.15. The van der Waals surface area contributed by atoms with E-state index >= 15 is 0 Å². The van der Waals surface area contributed by atoms with Gasteiger partial charge in [-0.1, -0.05) is 18.0 Å². The Morgan fingerprint density at radius 3 is 3.00 bits per heavy atom. The molecule has 1 unspecified atom stereocenters. The second-order valence-electron chi connectivity index (χ2n) is 3.22. The molecule has 0 aromatic rings. The van der Waals surface area contributed by atoms with Gasteiger partial charge < -0.3 is 9.57 Å². The molecule has 4 heteroatoms. The number of terminal acetylenes is 1. The van der Waals surface area contributed by atoms with E-state index in [-0.39, 0.29) is 6.61 Å². The Kier molecular flexibility index (Phi) is 3.13. The summed E-state index contributed by atoms with van der Waals surface area (Å²) in [6.07, 6.45) is 5.99. The summed E-state index contributed by atoms with van der Waals surface area (Å²) in [7, 11) is 0. The van der Waals surface area contributed by atoms with Crippen molar-refractivity contribution in [3.05, 3.63) is 0 Å². The molecule has 1 atom stereocenters. The second kappa shape index (κ2) is 4.14. The third kappa shape index (κ3) is 1.87. The van der Waals surface area contributed by atoms with E-state index in [0.29, 0.717) is 12.8 Å². The van der Waals surface area contributed by atoms with Gasteiger partial charge in [0.2, 0.25) is 5.60 Å². The van der Waals surface area contributed by atoms with Crippen molar-refractivity contribution in [2.75, 3.05) is 6.61 Å². The van der Waals surface area contributed by atoms with Crippen LogP contribution in [0, 0.1) is 12.3 Å². The molecule has 1 rings (SSSR count). The van der Waals surface area contributed by atoms with E-state index in [2.05, 4.69) is 11.1 Å². The molecule has 0 amide bonds. The summed E-state index contributed by atoms with van der Waals surface area (Å²) in [4.78, 5) is 16.7. The summed E-state index contributed by atoms with van der Waals surface area (Å²) in [6.45, 7) is 3.64. The lowest BCUT2D eigenvalue weighted by Gasteiger charge is -2.21. The maximum Gasteiger partial charge on any atom is 0.354 e. The summed E-state index contributed by atoms with van der Waals surface area (Å²) in [5.41, 5.74) is -0.148. The highest BCUT2D eigenvalue weighted by molar-refractivity contribution is 5.92. The Morgan fingerprint density at radius 2 is 2.57 bits per heavy atom. The number of rotatable bonds is 3. The van der Waals surface area contributed by atoms with E-state index in [1.807, 2.05) is 13.8 Å². The monoisotopic (exact) mass is 195 g/mol. The molecule has 4 nitrogen and oxygen atoms in total. The number of oxime groups is 1. The molecular weight excluding hydrogens is 182 g/mol. The van der Waals surface area contributed by atoms with Crippen molar-refractivity contribution >= 4 is 11.7 Å². The van der Waals surface area contributed by atoms with Crippen molar-refractivity contribution in [2.45, 2.75) is 32.3 Å². The van der Waals surface area contributed by atoms with E-state index in [0.717, 1.165) is 5.71 Å². The van der Waals surface area contributed by atoms with Crippen LogP contribution < -0.4 is 0 Å². The molecule has 0 saturated heterocycles. The zero-order chi connectivity index (χ0) is 10.6. The molecule has 1 aliphatic heterocycles. The highest BCUT2D eigenvalue weighted by Gasteiger charge is 2.45. The van der Waals surface area contributed by atoms with Crippen LogP contribution in [0.1, 0.15) is 26.7 Å². The van der Waals surface area contributed by atoms with Crippen molar-refractivity contribution < 1.29 is 14.4 Å². The van der Waals surface area contributed by atoms with Crippen LogP contribution in [0.15, 0.2) is 5.16 Å². The normalized spacial score (nSPS) is 24.8. The highest BCUT2D eigenvalue weighted by Crippen LogP contribution is 2.28. The minimum Gasteiger partial charge on any atom is -0.449 e. The van der Waals surface area contributed by atoms with E-state index < -0.39 is 11.6 Å². The summed E-state index contributed by atoms with van der Waals surface area (Å²) in [6, 6.07) is 0. The largest absolute Gasteiger partial charge is 0.449 e. The van der Waals surface area contributed by atoms with E-state index in [1.54, 1.807) is 0 Å². The Hall–Kier alpha value is -1.50. The Balaban J connectivity index is 2.64. The van der Waals surface area contributed by atoms with Gasteiger partial charge in [0.15, 0.2) is 6.61 Å². The molecule has 0 aromatic carbocycles. The summed E-state index contributed by atoms with van der Waals surface area (Å²) >= 11 is 0. The van der Waals surface area contributed by atoms with Gasteiger partial charge in [-0.2, -0.15) is 0 Å². The zero-order valence-corrected chi connectivity index (χ0v) is 8.37. The molecule has 0 bridgehead atoms. The molecule has 1 heterocycles. The minimum atomic E-state index is -0.944. The van der Waals surface area contributed by atoms with E-state index in [1.165, 1.54) is 0 Å². The average Bonchev–Trinajstić information content (AvgIpc) is 2.58. The molecule has 0 radical (unpaired) electrons. The highest BCUT2D eigenvalue weighted by atomic mass is 16.7. The second-order valence-corrected chi connectivity index (χ2v) is 3.22. The molecule has 0 spiro atoms. The molecule has 14 heavy (non-hydrogen) atoms. The van der Waals surface area contributed by atoms with Crippen molar-refractivity contribution in [1.29, 1.82) is 0 Å². The zero-order valence-electron chi connectivity index (χ0n) is 8.37. The van der Waals surface area contributed by atoms with Crippen LogP contribution in [0.3, 0.4) is 0 Å². The first kappa shape index (κ1) is 10.6. The van der Waals surface area contributed by atoms with Gasteiger partial charge in [-0.15, -0.1) is 6.42 Å². The average molecular weight is 195 g/mol. The van der Waals surface area contributed by atoms with Crippen molar-refractivity contribution in [3.8, 4) is 12.3 Å². The number of nitrogens with zero attached hydrogens (tertiary/aromatic N) is 1.